The molecule has 1 spiro atoms. The number of aromatic amines is 1. The Hall–Kier alpha value is -4.11. The molecule has 2 aliphatic heterocycles. The number of nitrogens with one attached hydrogen (secondary N) is 1. The van der Waals surface area contributed by atoms with Crippen LogP contribution in [0.5, 0.6) is 0 Å². The van der Waals surface area contributed by atoms with E-state index in [0.717, 1.165) is 33.8 Å². The number of aryl methyl sites for hydroxylation is 1. The molecule has 3 aromatic rings. The van der Waals surface area contributed by atoms with E-state index >= 15 is 0 Å². The van der Waals surface area contributed by atoms with Crippen molar-refractivity contribution in [2.24, 2.45) is 5.41 Å². The smallest absolute Gasteiger partial charge is 0.338 e. The van der Waals surface area contributed by atoms with Crippen LogP contribution in [0, 0.1) is 41.1 Å². The lowest BCUT2D eigenvalue weighted by molar-refractivity contribution is 0.130. The van der Waals surface area contributed by atoms with Gasteiger partial charge in [-0.25, -0.2) is 22.5 Å². The predicted molar refractivity (Wildman–Crippen MR) is 126 cm³/mol. The number of rotatable bonds is 5. The number of nitrogens with zero attached hydrogens (tertiary/aromatic N) is 4. The number of halogens is 3. The fraction of sp³-hybridized carbons (Fsp3) is 0.360. The van der Waals surface area contributed by atoms with Crippen molar-refractivity contribution >= 4 is 5.82 Å². The Morgan fingerprint density at radius 3 is 2.41 bits per heavy atom. The normalized spacial score (nSPS) is 16.1. The van der Waals surface area contributed by atoms with Gasteiger partial charge in [0.15, 0.2) is 17.5 Å². The monoisotopic (exact) mass is 513 g/mol. The largest absolute Gasteiger partial charge is 0.381 e. The van der Waals surface area contributed by atoms with Crippen molar-refractivity contribution in [3.63, 3.8) is 0 Å². The van der Waals surface area contributed by atoms with Gasteiger partial charge in [0.1, 0.15) is 12.4 Å². The molecule has 5 rings (SSSR count). The van der Waals surface area contributed by atoms with Crippen LogP contribution in [0.1, 0.15) is 23.2 Å². The molecule has 9 nitrogen and oxygen atoms in total. The highest BCUT2D eigenvalue weighted by Crippen LogP contribution is 2.41. The van der Waals surface area contributed by atoms with Crippen molar-refractivity contribution in [3.05, 3.63) is 89.7 Å². The Balaban J connectivity index is 1.75. The second-order valence-electron chi connectivity index (χ2n) is 9.56. The number of ether oxygens (including phenoxy) is 1. The molecule has 1 N–H and O–H groups in total. The van der Waals surface area contributed by atoms with E-state index in [0.29, 0.717) is 32.0 Å². The van der Waals surface area contributed by atoms with Crippen molar-refractivity contribution in [2.45, 2.75) is 26.3 Å². The second kappa shape index (κ2) is 9.08. The molecule has 12 heteroatoms. The highest BCUT2D eigenvalue weighted by Gasteiger charge is 2.47. The molecular formula is C25H22F3N5O4. The van der Waals surface area contributed by atoms with Gasteiger partial charge in [-0.3, -0.25) is 14.2 Å². The van der Waals surface area contributed by atoms with Crippen LogP contribution in [-0.4, -0.2) is 40.4 Å². The first-order valence-electron chi connectivity index (χ1n) is 11.6. The van der Waals surface area contributed by atoms with Crippen LogP contribution < -0.4 is 21.7 Å². The van der Waals surface area contributed by atoms with Crippen molar-refractivity contribution in [1.82, 2.24) is 14.1 Å². The van der Waals surface area contributed by atoms with Gasteiger partial charge in [-0.05, 0) is 37.1 Å². The van der Waals surface area contributed by atoms with E-state index < -0.39 is 40.8 Å². The summed E-state index contributed by atoms with van der Waals surface area (Å²) in [5.74, 6) is -4.32. The summed E-state index contributed by atoms with van der Waals surface area (Å²) in [6.07, 6.45) is 0.439. The second-order valence-corrected chi connectivity index (χ2v) is 9.56. The summed E-state index contributed by atoms with van der Waals surface area (Å²) in [4.78, 5) is 43.8. The maximum absolute atomic E-state index is 14.0. The van der Waals surface area contributed by atoms with Gasteiger partial charge in [0.2, 0.25) is 5.56 Å². The van der Waals surface area contributed by atoms with Gasteiger partial charge in [0, 0.05) is 43.3 Å². The predicted octanol–water partition coefficient (Wildman–Crippen LogP) is 1.75. The highest BCUT2D eigenvalue weighted by atomic mass is 19.2. The average Bonchev–Trinajstić information content (AvgIpc) is 3.30. The van der Waals surface area contributed by atoms with E-state index in [1.807, 2.05) is 6.07 Å². The van der Waals surface area contributed by atoms with E-state index in [9.17, 15) is 32.8 Å². The number of pyridine rings is 1. The number of nitriles is 1. The molecule has 0 saturated carbocycles. The quantitative estimate of drug-likeness (QED) is 0.521. The number of anilines is 1. The van der Waals surface area contributed by atoms with E-state index in [-0.39, 0.29) is 34.5 Å². The summed E-state index contributed by atoms with van der Waals surface area (Å²) in [6, 6.07) is 5.99. The number of aromatic nitrogens is 3. The molecule has 1 aromatic carbocycles. The molecule has 0 atom stereocenters. The maximum Gasteiger partial charge on any atom is 0.338 e. The maximum atomic E-state index is 14.0. The van der Waals surface area contributed by atoms with Crippen molar-refractivity contribution in [1.29, 1.82) is 5.26 Å². The molecule has 0 radical (unpaired) electrons. The summed E-state index contributed by atoms with van der Waals surface area (Å²) < 4.78 is 49.0. The molecule has 0 bridgehead atoms. The Bertz CT molecular complexity index is 1600. The summed E-state index contributed by atoms with van der Waals surface area (Å²) in [5, 5.41) is 9.52. The molecular weight excluding hydrogens is 491 g/mol. The Kier molecular flexibility index (Phi) is 6.03. The Morgan fingerprint density at radius 2 is 1.81 bits per heavy atom. The SMILES string of the molecule is Cc1cc(-n2c(=O)c(Cc3cc(F)c(F)c(F)c3)c(N3CC4(CCOC4)C3)n(CC#N)c2=O)cc(=O)[nH]1. The minimum Gasteiger partial charge on any atom is -0.381 e. The fourth-order valence-electron chi connectivity index (χ4n) is 5.17. The first kappa shape index (κ1) is 24.6. The molecule has 2 fully saturated rings. The molecule has 0 aliphatic carbocycles. The molecule has 0 unspecified atom stereocenters. The third-order valence-corrected chi connectivity index (χ3v) is 6.82. The lowest BCUT2D eigenvalue weighted by atomic mass is 9.79. The van der Waals surface area contributed by atoms with Gasteiger partial charge in [0.25, 0.3) is 5.56 Å². The van der Waals surface area contributed by atoms with Crippen molar-refractivity contribution in [2.75, 3.05) is 31.2 Å². The third kappa shape index (κ3) is 4.25. The molecule has 192 valence electrons. The van der Waals surface area contributed by atoms with Crippen LogP contribution in [0.15, 0.2) is 38.6 Å². The fourth-order valence-corrected chi connectivity index (χ4v) is 5.17. The van der Waals surface area contributed by atoms with Crippen LogP contribution >= 0.6 is 0 Å². The molecule has 0 amide bonds. The summed E-state index contributed by atoms with van der Waals surface area (Å²) >= 11 is 0. The number of H-pyrrole nitrogens is 1. The number of hydrogen-bond acceptors (Lipinski definition) is 6. The zero-order valence-electron chi connectivity index (χ0n) is 19.8. The lowest BCUT2D eigenvalue weighted by Gasteiger charge is -2.49. The zero-order valence-corrected chi connectivity index (χ0v) is 19.8. The van der Waals surface area contributed by atoms with Gasteiger partial charge in [-0.2, -0.15) is 5.26 Å². The third-order valence-electron chi connectivity index (χ3n) is 6.82. The van der Waals surface area contributed by atoms with E-state index in [1.54, 1.807) is 11.8 Å². The van der Waals surface area contributed by atoms with E-state index in [2.05, 4.69) is 4.98 Å². The summed E-state index contributed by atoms with van der Waals surface area (Å²) in [5.41, 5.74) is -2.04. The van der Waals surface area contributed by atoms with Crippen molar-refractivity contribution in [3.8, 4) is 11.8 Å². The molecule has 2 aromatic heterocycles. The summed E-state index contributed by atoms with van der Waals surface area (Å²) in [7, 11) is 0. The van der Waals surface area contributed by atoms with E-state index in [4.69, 9.17) is 4.74 Å². The van der Waals surface area contributed by atoms with Gasteiger partial charge in [0.05, 0.1) is 23.9 Å². The molecule has 2 aliphatic rings. The van der Waals surface area contributed by atoms with Crippen LogP contribution in [0.25, 0.3) is 5.69 Å². The van der Waals surface area contributed by atoms with Crippen LogP contribution in [0.3, 0.4) is 0 Å². The zero-order chi connectivity index (χ0) is 26.5. The highest BCUT2D eigenvalue weighted by molar-refractivity contribution is 5.54. The van der Waals surface area contributed by atoms with Gasteiger partial charge < -0.3 is 14.6 Å². The summed E-state index contributed by atoms with van der Waals surface area (Å²) in [6.45, 7) is 3.15. The number of hydrogen-bond donors (Lipinski definition) is 1. The molecule has 37 heavy (non-hydrogen) atoms. The Morgan fingerprint density at radius 1 is 1.11 bits per heavy atom. The first-order chi connectivity index (χ1) is 17.6. The minimum absolute atomic E-state index is 0.0171. The van der Waals surface area contributed by atoms with Crippen LogP contribution in [0.4, 0.5) is 19.0 Å². The van der Waals surface area contributed by atoms with Crippen LogP contribution in [-0.2, 0) is 17.7 Å². The van der Waals surface area contributed by atoms with Gasteiger partial charge in [-0.15, -0.1) is 0 Å². The van der Waals surface area contributed by atoms with Gasteiger partial charge in [-0.1, -0.05) is 0 Å². The van der Waals surface area contributed by atoms with Crippen molar-refractivity contribution < 1.29 is 17.9 Å². The van der Waals surface area contributed by atoms with Crippen LogP contribution in [0.2, 0.25) is 0 Å². The number of benzene rings is 1. The minimum atomic E-state index is -1.64. The topological polar surface area (TPSA) is 113 Å². The average molecular weight is 513 g/mol. The van der Waals surface area contributed by atoms with E-state index in [1.165, 1.54) is 6.07 Å². The standard InChI is InChI=1S/C25H22F3N5O4/c1-14-6-16(10-20(34)30-14)33-23(35)17(7-15-8-18(26)21(28)19(27)9-15)22(32(4-3-29)24(33)36)31-11-25(12-31)2-5-37-13-25/h6,8-10H,2,4-5,7,11-13H2,1H3,(H,30,34). The Labute approximate surface area is 208 Å². The van der Waals surface area contributed by atoms with Gasteiger partial charge >= 0.3 is 5.69 Å². The molecule has 4 heterocycles. The molecule has 2 saturated heterocycles. The first-order valence-corrected chi connectivity index (χ1v) is 11.6. The lowest BCUT2D eigenvalue weighted by Crippen LogP contribution is -2.59.